The third-order valence-corrected chi connectivity index (χ3v) is 19.4. The minimum atomic E-state index is -4.96. The molecule has 5 unspecified atom stereocenters. The standard InChI is InChI=1S/C73H142O17P2/c1-9-65(7)51-43-35-27-19-15-13-11-12-14-16-22-30-39-47-55-72(77)89-68(59-83-70(75)53-45-37-29-21-18-17-20-28-36-44-52-66(8)10-2)61-87-91(79,80)85-57-67(74)58-86-92(81,82)88-62-69(90-73(78)56-48-40-32-24-26-34-42-50-64(5)6)60-84-71(76)54-46-38-31-23-25-33-41-49-63(3)4/h63-69,74H,9-62H2,1-8H3,(H,79,80)(H,81,82)/t65?,66?,67?,68-,69-/m1/s1. The van der Waals surface area contributed by atoms with Crippen molar-refractivity contribution in [1.82, 2.24) is 0 Å². The van der Waals surface area contributed by atoms with Crippen molar-refractivity contribution in [2.45, 2.75) is 382 Å². The Balaban J connectivity index is 5.24. The highest BCUT2D eigenvalue weighted by Crippen LogP contribution is 2.45. The SMILES string of the molecule is CCC(C)CCCCCCCCCCCCCCCCC(=O)O[C@H](COC(=O)CCCCCCCCCCCCC(C)CC)COP(=O)(O)OCC(O)COP(=O)(O)OC[C@@H](COC(=O)CCCCCCCCCC(C)C)OC(=O)CCCCCCCCCC(C)C. The van der Waals surface area contributed by atoms with Crippen molar-refractivity contribution < 1.29 is 80.2 Å². The summed E-state index contributed by atoms with van der Waals surface area (Å²) in [6.45, 7) is 14.1. The lowest BCUT2D eigenvalue weighted by Crippen LogP contribution is -2.30. The summed E-state index contributed by atoms with van der Waals surface area (Å²) in [6.07, 6.45) is 45.9. The molecule has 0 aromatic carbocycles. The first-order chi connectivity index (χ1) is 44.2. The van der Waals surface area contributed by atoms with E-state index in [4.69, 9.17) is 37.0 Å². The molecule has 0 aromatic rings. The van der Waals surface area contributed by atoms with Crippen molar-refractivity contribution in [1.29, 1.82) is 0 Å². The van der Waals surface area contributed by atoms with E-state index in [1.165, 1.54) is 161 Å². The first-order valence-corrected chi connectivity index (χ1v) is 40.8. The van der Waals surface area contributed by atoms with Crippen LogP contribution in [0, 0.1) is 23.7 Å². The highest BCUT2D eigenvalue weighted by molar-refractivity contribution is 7.47. The molecule has 0 amide bonds. The summed E-state index contributed by atoms with van der Waals surface area (Å²) in [4.78, 5) is 72.6. The van der Waals surface area contributed by atoms with Crippen LogP contribution in [-0.2, 0) is 65.4 Å². The Morgan fingerprint density at radius 1 is 0.304 bits per heavy atom. The van der Waals surface area contributed by atoms with Crippen LogP contribution in [0.5, 0.6) is 0 Å². The van der Waals surface area contributed by atoms with Gasteiger partial charge in [-0.1, -0.05) is 312 Å². The topological polar surface area (TPSA) is 237 Å². The van der Waals surface area contributed by atoms with Crippen LogP contribution in [0.25, 0.3) is 0 Å². The molecule has 0 rings (SSSR count). The van der Waals surface area contributed by atoms with Crippen LogP contribution in [0.4, 0.5) is 0 Å². The van der Waals surface area contributed by atoms with Crippen molar-refractivity contribution in [2.24, 2.45) is 23.7 Å². The molecule has 0 aromatic heterocycles. The van der Waals surface area contributed by atoms with Gasteiger partial charge in [-0.2, -0.15) is 0 Å². The number of hydrogen-bond donors (Lipinski definition) is 3. The van der Waals surface area contributed by atoms with Crippen LogP contribution in [0.1, 0.15) is 364 Å². The normalized spacial score (nSPS) is 14.8. The molecule has 0 saturated heterocycles. The van der Waals surface area contributed by atoms with Gasteiger partial charge in [-0.15, -0.1) is 0 Å². The molecular formula is C73H142O17P2. The second kappa shape index (κ2) is 62.6. The van der Waals surface area contributed by atoms with E-state index in [-0.39, 0.29) is 25.7 Å². The fraction of sp³-hybridized carbons (Fsp3) is 0.945. The molecule has 0 fully saturated rings. The molecule has 0 saturated carbocycles. The first kappa shape index (κ1) is 90.1. The molecule has 0 radical (unpaired) electrons. The van der Waals surface area contributed by atoms with Gasteiger partial charge in [0.15, 0.2) is 12.2 Å². The number of aliphatic hydroxyl groups excluding tert-OH is 1. The van der Waals surface area contributed by atoms with Crippen LogP contribution in [-0.4, -0.2) is 96.7 Å². The maximum Gasteiger partial charge on any atom is 0.472 e. The van der Waals surface area contributed by atoms with Gasteiger partial charge >= 0.3 is 39.5 Å². The fourth-order valence-electron chi connectivity index (χ4n) is 11.0. The van der Waals surface area contributed by atoms with Crippen LogP contribution in [0.3, 0.4) is 0 Å². The molecule has 92 heavy (non-hydrogen) atoms. The van der Waals surface area contributed by atoms with E-state index in [9.17, 15) is 43.2 Å². The number of aliphatic hydroxyl groups is 1. The summed E-state index contributed by atoms with van der Waals surface area (Å²) in [5, 5.41) is 10.6. The number of ether oxygens (including phenoxy) is 4. The zero-order valence-electron chi connectivity index (χ0n) is 60.2. The van der Waals surface area contributed by atoms with Gasteiger partial charge in [-0.25, -0.2) is 9.13 Å². The number of hydrogen-bond acceptors (Lipinski definition) is 15. The molecule has 546 valence electrons. The minimum absolute atomic E-state index is 0.102. The number of carbonyl (C=O) groups is 4. The number of esters is 4. The Morgan fingerprint density at radius 2 is 0.522 bits per heavy atom. The van der Waals surface area contributed by atoms with Gasteiger partial charge in [0, 0.05) is 25.7 Å². The van der Waals surface area contributed by atoms with Gasteiger partial charge in [-0.3, -0.25) is 37.3 Å². The van der Waals surface area contributed by atoms with Gasteiger partial charge < -0.3 is 33.8 Å². The first-order valence-electron chi connectivity index (χ1n) is 37.8. The third kappa shape index (κ3) is 64.1. The fourth-order valence-corrected chi connectivity index (χ4v) is 12.5. The smallest absolute Gasteiger partial charge is 0.462 e. The van der Waals surface area contributed by atoms with Crippen molar-refractivity contribution in [3.05, 3.63) is 0 Å². The largest absolute Gasteiger partial charge is 0.472 e. The van der Waals surface area contributed by atoms with E-state index in [0.717, 1.165) is 108 Å². The second-order valence-electron chi connectivity index (χ2n) is 27.8. The van der Waals surface area contributed by atoms with Crippen molar-refractivity contribution in [3.8, 4) is 0 Å². The average Bonchev–Trinajstić information content (AvgIpc) is 2.30. The second-order valence-corrected chi connectivity index (χ2v) is 30.7. The predicted octanol–water partition coefficient (Wildman–Crippen LogP) is 20.9. The number of carbonyl (C=O) groups excluding carboxylic acids is 4. The summed E-state index contributed by atoms with van der Waals surface area (Å²) in [5.74, 6) is 0.928. The summed E-state index contributed by atoms with van der Waals surface area (Å²) >= 11 is 0. The molecule has 0 bridgehead atoms. The van der Waals surface area contributed by atoms with Gasteiger partial charge in [0.1, 0.15) is 19.3 Å². The molecule has 0 aliphatic carbocycles. The number of phosphoric ester groups is 2. The van der Waals surface area contributed by atoms with Gasteiger partial charge in [0.2, 0.25) is 0 Å². The van der Waals surface area contributed by atoms with Crippen LogP contribution in [0.15, 0.2) is 0 Å². The molecule has 19 heteroatoms. The summed E-state index contributed by atoms with van der Waals surface area (Å²) in [5.41, 5.74) is 0. The highest BCUT2D eigenvalue weighted by Gasteiger charge is 2.30. The Bertz CT molecular complexity index is 1820. The maximum atomic E-state index is 13.1. The van der Waals surface area contributed by atoms with Crippen LogP contribution in [0.2, 0.25) is 0 Å². The molecule has 17 nitrogen and oxygen atoms in total. The minimum Gasteiger partial charge on any atom is -0.462 e. The lowest BCUT2D eigenvalue weighted by atomic mass is 9.99. The van der Waals surface area contributed by atoms with E-state index in [1.54, 1.807) is 0 Å². The van der Waals surface area contributed by atoms with Crippen molar-refractivity contribution in [2.75, 3.05) is 39.6 Å². The Kier molecular flexibility index (Phi) is 61.3. The van der Waals surface area contributed by atoms with Crippen LogP contribution >= 0.6 is 15.6 Å². The number of rotatable bonds is 70. The lowest BCUT2D eigenvalue weighted by Gasteiger charge is -2.21. The van der Waals surface area contributed by atoms with Gasteiger partial charge in [0.05, 0.1) is 26.4 Å². The zero-order valence-corrected chi connectivity index (χ0v) is 62.0. The molecular weight excluding hydrogens is 1210 g/mol. The monoisotopic (exact) mass is 1350 g/mol. The van der Waals surface area contributed by atoms with E-state index < -0.39 is 97.5 Å². The molecule has 0 heterocycles. The Hall–Kier alpha value is -1.94. The Labute approximate surface area is 562 Å². The number of unbranched alkanes of at least 4 members (excludes halogenated alkanes) is 34. The van der Waals surface area contributed by atoms with Crippen molar-refractivity contribution in [3.63, 3.8) is 0 Å². The third-order valence-electron chi connectivity index (χ3n) is 17.5. The molecule has 0 spiro atoms. The van der Waals surface area contributed by atoms with E-state index in [1.807, 2.05) is 0 Å². The van der Waals surface area contributed by atoms with Gasteiger partial charge in [0.25, 0.3) is 0 Å². The van der Waals surface area contributed by atoms with Crippen LogP contribution < -0.4 is 0 Å². The molecule has 0 aliphatic rings. The molecule has 3 N–H and O–H groups in total. The van der Waals surface area contributed by atoms with Gasteiger partial charge in [-0.05, 0) is 49.4 Å². The van der Waals surface area contributed by atoms with E-state index >= 15 is 0 Å². The Morgan fingerprint density at radius 3 is 0.772 bits per heavy atom. The summed E-state index contributed by atoms with van der Waals surface area (Å²) < 4.78 is 68.4. The molecule has 0 aliphatic heterocycles. The highest BCUT2D eigenvalue weighted by atomic mass is 31.2. The maximum absolute atomic E-state index is 13.1. The molecule has 7 atom stereocenters. The van der Waals surface area contributed by atoms with E-state index in [0.29, 0.717) is 37.5 Å². The average molecular weight is 1350 g/mol. The van der Waals surface area contributed by atoms with E-state index in [2.05, 4.69) is 55.4 Å². The summed E-state index contributed by atoms with van der Waals surface area (Å²) in [6, 6.07) is 0. The lowest BCUT2D eigenvalue weighted by molar-refractivity contribution is -0.161. The van der Waals surface area contributed by atoms with Crippen molar-refractivity contribution >= 4 is 39.5 Å². The predicted molar refractivity (Wildman–Crippen MR) is 372 cm³/mol. The number of phosphoric acid groups is 2. The summed E-state index contributed by atoms with van der Waals surface area (Å²) in [7, 11) is -9.91. The quantitative estimate of drug-likeness (QED) is 0.0222. The zero-order chi connectivity index (χ0) is 68.2.